The van der Waals surface area contributed by atoms with Crippen LogP contribution in [0.15, 0.2) is 24.3 Å². The molecule has 0 radical (unpaired) electrons. The van der Waals surface area contributed by atoms with Gasteiger partial charge in [-0.2, -0.15) is 13.2 Å². The molecule has 21 heavy (non-hydrogen) atoms. The molecule has 3 nitrogen and oxygen atoms in total. The van der Waals surface area contributed by atoms with Crippen LogP contribution in [0.1, 0.15) is 19.4 Å². The Hall–Kier alpha value is -1.72. The summed E-state index contributed by atoms with van der Waals surface area (Å²) in [6.45, 7) is 2.27. The Labute approximate surface area is 122 Å². The smallest absolute Gasteiger partial charge is 0.382 e. The van der Waals surface area contributed by atoms with Crippen LogP contribution in [-0.4, -0.2) is 36.1 Å². The Morgan fingerprint density at radius 2 is 2.05 bits per heavy atom. The molecule has 1 aromatic rings. The van der Waals surface area contributed by atoms with Crippen LogP contribution in [-0.2, 0) is 11.2 Å². The van der Waals surface area contributed by atoms with Crippen molar-refractivity contribution in [3.8, 4) is 0 Å². The Balaban J connectivity index is 2.15. The summed E-state index contributed by atoms with van der Waals surface area (Å²) in [6.07, 6.45) is -3.90. The van der Waals surface area contributed by atoms with Gasteiger partial charge in [-0.3, -0.25) is 4.79 Å². The number of hydrogen-bond donors (Lipinski definition) is 1. The lowest BCUT2D eigenvalue weighted by Gasteiger charge is -2.35. The maximum Gasteiger partial charge on any atom is 0.406 e. The second-order valence-electron chi connectivity index (χ2n) is 5.37. The third-order valence-corrected chi connectivity index (χ3v) is 3.82. The fourth-order valence-electron chi connectivity index (χ4n) is 2.70. The topological polar surface area (TPSA) is 32.3 Å². The van der Waals surface area contributed by atoms with Crippen molar-refractivity contribution < 1.29 is 18.0 Å². The molecule has 2 atom stereocenters. The molecule has 0 fully saturated rings. The van der Waals surface area contributed by atoms with Gasteiger partial charge in [-0.15, -0.1) is 0 Å². The zero-order chi connectivity index (χ0) is 15.6. The molecule has 1 N–H and O–H groups in total. The van der Waals surface area contributed by atoms with Gasteiger partial charge in [0.2, 0.25) is 5.91 Å². The molecule has 0 spiro atoms. The number of para-hydroxylation sites is 1. The van der Waals surface area contributed by atoms with Crippen LogP contribution in [0, 0.1) is 5.92 Å². The molecule has 0 bridgehead atoms. The molecule has 1 amide bonds. The third-order valence-electron chi connectivity index (χ3n) is 3.82. The summed E-state index contributed by atoms with van der Waals surface area (Å²) < 4.78 is 37.6. The molecule has 0 aromatic heterocycles. The van der Waals surface area contributed by atoms with E-state index < -0.39 is 24.5 Å². The predicted octanol–water partition coefficient (Wildman–Crippen LogP) is 3.07. The van der Waals surface area contributed by atoms with Crippen LogP contribution in [0.25, 0.3) is 0 Å². The average Bonchev–Trinajstić information content (AvgIpc) is 2.42. The molecule has 2 unspecified atom stereocenters. The van der Waals surface area contributed by atoms with Gasteiger partial charge in [0.05, 0.1) is 5.92 Å². The van der Waals surface area contributed by atoms with Crippen LogP contribution >= 0.6 is 0 Å². The van der Waals surface area contributed by atoms with Gasteiger partial charge >= 0.3 is 6.18 Å². The van der Waals surface area contributed by atoms with Gasteiger partial charge in [-0.05, 0) is 31.9 Å². The first-order valence-electron chi connectivity index (χ1n) is 7.01. The zero-order valence-corrected chi connectivity index (χ0v) is 12.1. The van der Waals surface area contributed by atoms with Crippen LogP contribution in [0.4, 0.5) is 18.9 Å². The molecule has 6 heteroatoms. The fourth-order valence-corrected chi connectivity index (χ4v) is 2.70. The first kappa shape index (κ1) is 15.7. The Morgan fingerprint density at radius 3 is 2.67 bits per heavy atom. The lowest BCUT2D eigenvalue weighted by Crippen LogP contribution is -2.48. The van der Waals surface area contributed by atoms with Gasteiger partial charge < -0.3 is 10.2 Å². The maximum absolute atomic E-state index is 12.5. The van der Waals surface area contributed by atoms with Gasteiger partial charge in [0.1, 0.15) is 6.54 Å². The van der Waals surface area contributed by atoms with Crippen LogP contribution in [0.3, 0.4) is 0 Å². The number of halogens is 3. The van der Waals surface area contributed by atoms with E-state index in [9.17, 15) is 18.0 Å². The summed E-state index contributed by atoms with van der Waals surface area (Å²) in [5, 5.41) is 3.20. The summed E-state index contributed by atoms with van der Waals surface area (Å²) in [7, 11) is 0. The standard InChI is InChI=1S/C15H19F3N2O/c1-3-20(9-15(16,17)18)14(21)12-8-11-6-4-5-7-13(11)19-10(12)2/h4-7,10,12,19H,3,8-9H2,1-2H3. The SMILES string of the molecule is CCN(CC(F)(F)F)C(=O)C1Cc2ccccc2NC1C. The van der Waals surface area contributed by atoms with Gasteiger partial charge in [-0.25, -0.2) is 0 Å². The Morgan fingerprint density at radius 1 is 1.38 bits per heavy atom. The molecule has 1 aliphatic rings. The monoisotopic (exact) mass is 300 g/mol. The van der Waals surface area contributed by atoms with E-state index in [4.69, 9.17) is 0 Å². The molecule has 0 aliphatic carbocycles. The van der Waals surface area contributed by atoms with E-state index in [2.05, 4.69) is 5.32 Å². The molecule has 116 valence electrons. The summed E-state index contributed by atoms with van der Waals surface area (Å²) in [5.74, 6) is -0.911. The minimum atomic E-state index is -4.37. The number of benzene rings is 1. The molecular formula is C15H19F3N2O. The third kappa shape index (κ3) is 3.68. The highest BCUT2D eigenvalue weighted by Crippen LogP contribution is 2.30. The fraction of sp³-hybridized carbons (Fsp3) is 0.533. The van der Waals surface area contributed by atoms with Gasteiger partial charge in [-0.1, -0.05) is 18.2 Å². The quantitative estimate of drug-likeness (QED) is 0.930. The van der Waals surface area contributed by atoms with E-state index >= 15 is 0 Å². The molecule has 1 aliphatic heterocycles. The number of rotatable bonds is 3. The molecule has 0 saturated carbocycles. The highest BCUT2D eigenvalue weighted by molar-refractivity contribution is 5.81. The number of hydrogen-bond acceptors (Lipinski definition) is 2. The summed E-state index contributed by atoms with van der Waals surface area (Å²) >= 11 is 0. The summed E-state index contributed by atoms with van der Waals surface area (Å²) in [6, 6.07) is 7.39. The highest BCUT2D eigenvalue weighted by Gasteiger charge is 2.37. The number of nitrogens with zero attached hydrogens (tertiary/aromatic N) is 1. The lowest BCUT2D eigenvalue weighted by molar-refractivity contribution is -0.163. The number of amides is 1. The minimum Gasteiger partial charge on any atom is -0.382 e. The number of alkyl halides is 3. The normalized spacial score (nSPS) is 21.4. The van der Waals surface area contributed by atoms with Crippen LogP contribution < -0.4 is 5.32 Å². The molecular weight excluding hydrogens is 281 g/mol. The Bertz CT molecular complexity index is 516. The van der Waals surface area contributed by atoms with Crippen molar-refractivity contribution in [2.24, 2.45) is 5.92 Å². The van der Waals surface area contributed by atoms with E-state index in [-0.39, 0.29) is 12.6 Å². The predicted molar refractivity (Wildman–Crippen MR) is 75.0 cm³/mol. The van der Waals surface area contributed by atoms with Gasteiger partial charge in [0.25, 0.3) is 0 Å². The number of carbonyl (C=O) groups excluding carboxylic acids is 1. The minimum absolute atomic E-state index is 0.0587. The molecule has 2 rings (SSSR count). The van der Waals surface area contributed by atoms with Crippen LogP contribution in [0.2, 0.25) is 0 Å². The first-order chi connectivity index (χ1) is 9.81. The van der Waals surface area contributed by atoms with E-state index in [1.807, 2.05) is 31.2 Å². The molecule has 1 heterocycles. The second-order valence-corrected chi connectivity index (χ2v) is 5.37. The van der Waals surface area contributed by atoms with Crippen molar-refractivity contribution in [2.45, 2.75) is 32.5 Å². The molecule has 0 saturated heterocycles. The number of nitrogens with one attached hydrogen (secondary N) is 1. The van der Waals surface area contributed by atoms with Crippen molar-refractivity contribution in [3.05, 3.63) is 29.8 Å². The zero-order valence-electron chi connectivity index (χ0n) is 12.1. The van der Waals surface area contributed by atoms with E-state index in [0.29, 0.717) is 6.42 Å². The number of carbonyl (C=O) groups is 1. The van der Waals surface area contributed by atoms with E-state index in [0.717, 1.165) is 16.2 Å². The first-order valence-corrected chi connectivity index (χ1v) is 7.01. The van der Waals surface area contributed by atoms with Crippen molar-refractivity contribution in [2.75, 3.05) is 18.4 Å². The van der Waals surface area contributed by atoms with Crippen molar-refractivity contribution in [1.82, 2.24) is 4.90 Å². The van der Waals surface area contributed by atoms with E-state index in [1.54, 1.807) is 6.92 Å². The van der Waals surface area contributed by atoms with Crippen molar-refractivity contribution in [1.29, 1.82) is 0 Å². The average molecular weight is 300 g/mol. The number of fused-ring (bicyclic) bond motifs is 1. The Kier molecular flexibility index (Phi) is 4.44. The maximum atomic E-state index is 12.5. The van der Waals surface area contributed by atoms with Gasteiger partial charge in [0.15, 0.2) is 0 Å². The largest absolute Gasteiger partial charge is 0.406 e. The summed E-state index contributed by atoms with van der Waals surface area (Å²) in [5.41, 5.74) is 1.92. The lowest BCUT2D eigenvalue weighted by atomic mass is 9.87. The van der Waals surface area contributed by atoms with E-state index in [1.165, 1.54) is 0 Å². The van der Waals surface area contributed by atoms with Crippen molar-refractivity contribution in [3.63, 3.8) is 0 Å². The summed E-state index contributed by atoms with van der Waals surface area (Å²) in [4.78, 5) is 13.3. The second kappa shape index (κ2) is 5.95. The highest BCUT2D eigenvalue weighted by atomic mass is 19.4. The number of anilines is 1. The van der Waals surface area contributed by atoms with Gasteiger partial charge in [0, 0.05) is 18.3 Å². The molecule has 1 aromatic carbocycles. The van der Waals surface area contributed by atoms with Crippen LogP contribution in [0.5, 0.6) is 0 Å². The van der Waals surface area contributed by atoms with Crippen molar-refractivity contribution >= 4 is 11.6 Å².